The van der Waals surface area contributed by atoms with E-state index < -0.39 is 0 Å². The van der Waals surface area contributed by atoms with Crippen molar-refractivity contribution in [3.8, 4) is 11.1 Å². The lowest BCUT2D eigenvalue weighted by atomic mass is 10.0. The molecule has 0 amide bonds. The molecule has 1 N–H and O–H groups in total. The molecule has 4 heteroatoms. The highest BCUT2D eigenvalue weighted by Gasteiger charge is 2.03. The highest BCUT2D eigenvalue weighted by Crippen LogP contribution is 2.22. The van der Waals surface area contributed by atoms with Crippen molar-refractivity contribution in [3.63, 3.8) is 0 Å². The molecule has 3 rings (SSSR count). The number of hydrogen-bond donors (Lipinski definition) is 1. The number of nitrogens with zero attached hydrogens (tertiary/aromatic N) is 2. The molecule has 0 aliphatic rings. The van der Waals surface area contributed by atoms with Gasteiger partial charge in [-0.2, -0.15) is 5.10 Å². The highest BCUT2D eigenvalue weighted by atomic mass is 19.1. The van der Waals surface area contributed by atoms with Gasteiger partial charge in [-0.05, 0) is 41.3 Å². The maximum absolute atomic E-state index is 13.3. The molecule has 0 aliphatic heterocycles. The van der Waals surface area contributed by atoms with Crippen LogP contribution in [0.3, 0.4) is 0 Å². The zero-order valence-corrected chi connectivity index (χ0v) is 12.3. The summed E-state index contributed by atoms with van der Waals surface area (Å²) in [5, 5.41) is 13.2. The fraction of sp³-hybridized carbons (Fsp3) is 0.167. The minimum absolute atomic E-state index is 0.00283. The maximum atomic E-state index is 13.3. The van der Waals surface area contributed by atoms with Gasteiger partial charge in [0.25, 0.3) is 0 Å². The second-order valence-corrected chi connectivity index (χ2v) is 5.37. The van der Waals surface area contributed by atoms with Crippen LogP contribution in [0, 0.1) is 12.7 Å². The van der Waals surface area contributed by atoms with Crippen molar-refractivity contribution in [1.29, 1.82) is 0 Å². The van der Waals surface area contributed by atoms with Crippen molar-refractivity contribution in [3.05, 3.63) is 77.4 Å². The van der Waals surface area contributed by atoms with Crippen LogP contribution in [0.5, 0.6) is 0 Å². The van der Waals surface area contributed by atoms with Gasteiger partial charge in [-0.1, -0.05) is 30.3 Å². The second kappa shape index (κ2) is 6.12. The van der Waals surface area contributed by atoms with Gasteiger partial charge in [0.2, 0.25) is 0 Å². The monoisotopic (exact) mass is 296 g/mol. The second-order valence-electron chi connectivity index (χ2n) is 5.37. The normalized spacial score (nSPS) is 10.9. The first kappa shape index (κ1) is 14.5. The Bertz CT molecular complexity index is 778. The van der Waals surface area contributed by atoms with Gasteiger partial charge in [0.1, 0.15) is 5.82 Å². The Morgan fingerprint density at radius 2 is 1.77 bits per heavy atom. The van der Waals surface area contributed by atoms with Gasteiger partial charge in [0.15, 0.2) is 0 Å². The van der Waals surface area contributed by atoms with Gasteiger partial charge in [0.05, 0.1) is 19.3 Å². The zero-order chi connectivity index (χ0) is 15.5. The summed E-state index contributed by atoms with van der Waals surface area (Å²) in [6, 6.07) is 13.3. The Balaban J connectivity index is 1.78. The van der Waals surface area contributed by atoms with Crippen LogP contribution >= 0.6 is 0 Å². The summed E-state index contributed by atoms with van der Waals surface area (Å²) in [5.41, 5.74) is 4.64. The summed E-state index contributed by atoms with van der Waals surface area (Å²) >= 11 is 0. The molecule has 0 saturated carbocycles. The number of aliphatic hydroxyl groups excluding tert-OH is 1. The fourth-order valence-corrected chi connectivity index (χ4v) is 2.39. The van der Waals surface area contributed by atoms with Gasteiger partial charge in [-0.25, -0.2) is 4.39 Å². The molecule has 0 atom stereocenters. The minimum Gasteiger partial charge on any atom is -0.392 e. The molecule has 1 aromatic heterocycles. The van der Waals surface area contributed by atoms with Gasteiger partial charge in [-0.15, -0.1) is 0 Å². The molecular formula is C18H17FN2O. The molecular weight excluding hydrogens is 279 g/mol. The standard InChI is InChI=1S/C18H17FN2O/c1-13-8-17(6-7-18(13)19)16-4-2-14(3-5-16)10-21-11-15(12-22)9-20-21/h2-9,11,22H,10,12H2,1H3. The number of aliphatic hydroxyl groups is 1. The summed E-state index contributed by atoms with van der Waals surface area (Å²) in [5.74, 6) is -0.182. The molecule has 0 radical (unpaired) electrons. The van der Waals surface area contributed by atoms with E-state index in [0.717, 1.165) is 22.3 Å². The third-order valence-electron chi connectivity index (χ3n) is 3.66. The molecule has 0 aliphatic carbocycles. The van der Waals surface area contributed by atoms with Gasteiger partial charge < -0.3 is 5.11 Å². The molecule has 0 saturated heterocycles. The number of rotatable bonds is 4. The number of halogens is 1. The first-order valence-corrected chi connectivity index (χ1v) is 7.13. The number of hydrogen-bond acceptors (Lipinski definition) is 2. The van der Waals surface area contributed by atoms with Crippen LogP contribution in [0.15, 0.2) is 54.9 Å². The molecule has 3 aromatic rings. The Kier molecular flexibility index (Phi) is 4.02. The van der Waals surface area contributed by atoms with Crippen LogP contribution in [-0.2, 0) is 13.2 Å². The van der Waals surface area contributed by atoms with E-state index in [2.05, 4.69) is 5.10 Å². The minimum atomic E-state index is -0.182. The molecule has 22 heavy (non-hydrogen) atoms. The van der Waals surface area contributed by atoms with Gasteiger partial charge in [0, 0.05) is 11.8 Å². The smallest absolute Gasteiger partial charge is 0.126 e. The molecule has 3 nitrogen and oxygen atoms in total. The van der Waals surface area contributed by atoms with Crippen molar-refractivity contribution in [1.82, 2.24) is 9.78 Å². The average molecular weight is 296 g/mol. The van der Waals surface area contributed by atoms with E-state index in [1.165, 1.54) is 6.07 Å². The van der Waals surface area contributed by atoms with Crippen molar-refractivity contribution < 1.29 is 9.50 Å². The Morgan fingerprint density at radius 1 is 1.05 bits per heavy atom. The predicted molar refractivity (Wildman–Crippen MR) is 83.8 cm³/mol. The van der Waals surface area contributed by atoms with Crippen molar-refractivity contribution in [2.45, 2.75) is 20.1 Å². The first-order chi connectivity index (χ1) is 10.7. The van der Waals surface area contributed by atoms with Gasteiger partial charge in [-0.3, -0.25) is 4.68 Å². The van der Waals surface area contributed by atoms with Crippen LogP contribution < -0.4 is 0 Å². The van der Waals surface area contributed by atoms with E-state index in [0.29, 0.717) is 12.1 Å². The van der Waals surface area contributed by atoms with Crippen LogP contribution in [0.1, 0.15) is 16.7 Å². The van der Waals surface area contributed by atoms with E-state index in [1.807, 2.05) is 36.5 Å². The van der Waals surface area contributed by atoms with Crippen LogP contribution in [0.4, 0.5) is 4.39 Å². The van der Waals surface area contributed by atoms with E-state index in [4.69, 9.17) is 5.11 Å². The number of aryl methyl sites for hydroxylation is 1. The number of benzene rings is 2. The molecule has 112 valence electrons. The zero-order valence-electron chi connectivity index (χ0n) is 12.3. The van der Waals surface area contributed by atoms with Gasteiger partial charge >= 0.3 is 0 Å². The first-order valence-electron chi connectivity index (χ1n) is 7.13. The molecule has 1 heterocycles. The van der Waals surface area contributed by atoms with Crippen LogP contribution in [0.2, 0.25) is 0 Å². The van der Waals surface area contributed by atoms with E-state index >= 15 is 0 Å². The fourth-order valence-electron chi connectivity index (χ4n) is 2.39. The SMILES string of the molecule is Cc1cc(-c2ccc(Cn3cc(CO)cn3)cc2)ccc1F. The van der Waals surface area contributed by atoms with Crippen LogP contribution in [0.25, 0.3) is 11.1 Å². The molecule has 0 unspecified atom stereocenters. The summed E-state index contributed by atoms with van der Waals surface area (Å²) in [6.07, 6.45) is 3.49. The molecule has 0 fully saturated rings. The lowest BCUT2D eigenvalue weighted by Gasteiger charge is -2.06. The quantitative estimate of drug-likeness (QED) is 0.799. The Hall–Kier alpha value is -2.46. The Morgan fingerprint density at radius 3 is 2.41 bits per heavy atom. The lowest BCUT2D eigenvalue weighted by Crippen LogP contribution is -1.99. The molecule has 0 spiro atoms. The summed E-state index contributed by atoms with van der Waals surface area (Å²) in [4.78, 5) is 0. The molecule has 0 bridgehead atoms. The molecule has 2 aromatic carbocycles. The number of aromatic nitrogens is 2. The summed E-state index contributed by atoms with van der Waals surface area (Å²) < 4.78 is 15.1. The largest absolute Gasteiger partial charge is 0.392 e. The Labute approximate surface area is 128 Å². The summed E-state index contributed by atoms with van der Waals surface area (Å²) in [7, 11) is 0. The maximum Gasteiger partial charge on any atom is 0.126 e. The van der Waals surface area contributed by atoms with Crippen LogP contribution in [-0.4, -0.2) is 14.9 Å². The third-order valence-corrected chi connectivity index (χ3v) is 3.66. The summed E-state index contributed by atoms with van der Waals surface area (Å²) in [6.45, 7) is 2.43. The van der Waals surface area contributed by atoms with E-state index in [9.17, 15) is 4.39 Å². The third kappa shape index (κ3) is 3.07. The lowest BCUT2D eigenvalue weighted by molar-refractivity contribution is 0.281. The average Bonchev–Trinajstić information content (AvgIpc) is 2.98. The topological polar surface area (TPSA) is 38.0 Å². The van der Waals surface area contributed by atoms with Crippen molar-refractivity contribution in [2.24, 2.45) is 0 Å². The highest BCUT2D eigenvalue weighted by molar-refractivity contribution is 5.64. The van der Waals surface area contributed by atoms with Crippen molar-refractivity contribution in [2.75, 3.05) is 0 Å². The predicted octanol–water partition coefficient (Wildman–Crippen LogP) is 3.54. The van der Waals surface area contributed by atoms with Crippen molar-refractivity contribution >= 4 is 0 Å². The van der Waals surface area contributed by atoms with E-state index in [1.54, 1.807) is 23.9 Å². The van der Waals surface area contributed by atoms with E-state index in [-0.39, 0.29) is 12.4 Å².